The maximum atomic E-state index is 5.63. The first-order valence-electron chi connectivity index (χ1n) is 6.94. The highest BCUT2D eigenvalue weighted by atomic mass is 16.3. The number of rotatable bonds is 8. The van der Waals surface area contributed by atoms with Crippen molar-refractivity contribution in [3.05, 3.63) is 23.7 Å². The second-order valence-electron chi connectivity index (χ2n) is 5.93. The van der Waals surface area contributed by atoms with E-state index in [4.69, 9.17) is 4.42 Å². The molecule has 1 aromatic heterocycles. The molecule has 0 saturated carbocycles. The quantitative estimate of drug-likeness (QED) is 0.770. The van der Waals surface area contributed by atoms with E-state index in [-0.39, 0.29) is 0 Å². The largest absolute Gasteiger partial charge is 0.468 e. The summed E-state index contributed by atoms with van der Waals surface area (Å²) in [6.45, 7) is 13.1. The van der Waals surface area contributed by atoms with E-state index in [1.807, 2.05) is 13.3 Å². The molecule has 0 amide bonds. The Bertz CT molecular complexity index is 321. The van der Waals surface area contributed by atoms with E-state index in [0.717, 1.165) is 31.9 Å². The Morgan fingerprint density at radius 3 is 2.28 bits per heavy atom. The molecular weight excluding hydrogens is 224 g/mol. The zero-order chi connectivity index (χ0) is 13.5. The Kier molecular flexibility index (Phi) is 6.44. The number of furan rings is 1. The molecule has 0 aliphatic heterocycles. The van der Waals surface area contributed by atoms with E-state index < -0.39 is 0 Å². The summed E-state index contributed by atoms with van der Waals surface area (Å²) in [5.74, 6) is 2.45. The lowest BCUT2D eigenvalue weighted by Crippen LogP contribution is -2.30. The minimum atomic E-state index is 0.690. The topological polar surface area (TPSA) is 28.4 Å². The smallest absolute Gasteiger partial charge is 0.118 e. The van der Waals surface area contributed by atoms with Crippen LogP contribution in [-0.2, 0) is 13.1 Å². The lowest BCUT2D eigenvalue weighted by Gasteiger charge is -2.25. The fourth-order valence-corrected chi connectivity index (χ4v) is 2.26. The lowest BCUT2D eigenvalue weighted by atomic mass is 10.1. The minimum absolute atomic E-state index is 0.690. The van der Waals surface area contributed by atoms with Gasteiger partial charge in [0.05, 0.1) is 12.8 Å². The van der Waals surface area contributed by atoms with Crippen molar-refractivity contribution in [1.82, 2.24) is 10.2 Å². The van der Waals surface area contributed by atoms with Crippen molar-refractivity contribution in [2.75, 3.05) is 20.1 Å². The first-order chi connectivity index (χ1) is 8.51. The van der Waals surface area contributed by atoms with Crippen molar-refractivity contribution >= 4 is 0 Å². The number of nitrogens with one attached hydrogen (secondary N) is 1. The van der Waals surface area contributed by atoms with Gasteiger partial charge < -0.3 is 9.73 Å². The minimum Gasteiger partial charge on any atom is -0.468 e. The molecule has 0 saturated heterocycles. The molecule has 0 atom stereocenters. The fraction of sp³-hybridized carbons (Fsp3) is 0.733. The van der Waals surface area contributed by atoms with Crippen LogP contribution in [-0.4, -0.2) is 25.0 Å². The van der Waals surface area contributed by atoms with E-state index >= 15 is 0 Å². The van der Waals surface area contributed by atoms with Gasteiger partial charge in [0, 0.05) is 25.2 Å². The summed E-state index contributed by atoms with van der Waals surface area (Å²) in [5.41, 5.74) is 1.22. The predicted octanol–water partition coefficient (Wildman–Crippen LogP) is 3.11. The van der Waals surface area contributed by atoms with Crippen molar-refractivity contribution in [3.8, 4) is 0 Å². The third-order valence-corrected chi connectivity index (χ3v) is 2.72. The Morgan fingerprint density at radius 2 is 1.78 bits per heavy atom. The fourth-order valence-electron chi connectivity index (χ4n) is 2.26. The first kappa shape index (κ1) is 15.3. The number of hydrogen-bond acceptors (Lipinski definition) is 3. The number of nitrogens with zero attached hydrogens (tertiary/aromatic N) is 1. The average molecular weight is 252 g/mol. The molecule has 0 aliphatic rings. The highest BCUT2D eigenvalue weighted by molar-refractivity contribution is 5.12. The van der Waals surface area contributed by atoms with Gasteiger partial charge in [0.2, 0.25) is 0 Å². The molecule has 104 valence electrons. The summed E-state index contributed by atoms with van der Waals surface area (Å²) >= 11 is 0. The Balaban J connectivity index is 2.57. The maximum absolute atomic E-state index is 5.63. The van der Waals surface area contributed by atoms with Gasteiger partial charge in [-0.2, -0.15) is 0 Å². The van der Waals surface area contributed by atoms with Crippen LogP contribution in [0.2, 0.25) is 0 Å². The summed E-state index contributed by atoms with van der Waals surface area (Å²) in [6.07, 6.45) is 1.86. The van der Waals surface area contributed by atoms with E-state index in [0.29, 0.717) is 11.8 Å². The standard InChI is InChI=1S/C15H28N2O/c1-12(2)8-17(9-13(3)4)10-15-6-14(7-16-5)11-18-15/h6,11-13,16H,7-10H2,1-5H3. The molecule has 0 unspecified atom stereocenters. The summed E-state index contributed by atoms with van der Waals surface area (Å²) in [7, 11) is 1.95. The molecule has 1 heterocycles. The van der Waals surface area contributed by atoms with E-state index in [9.17, 15) is 0 Å². The van der Waals surface area contributed by atoms with Crippen LogP contribution >= 0.6 is 0 Å². The van der Waals surface area contributed by atoms with Gasteiger partial charge in [-0.05, 0) is 24.9 Å². The van der Waals surface area contributed by atoms with Crippen LogP contribution in [0.4, 0.5) is 0 Å². The van der Waals surface area contributed by atoms with Gasteiger partial charge in [0.15, 0.2) is 0 Å². The molecule has 1 N–H and O–H groups in total. The van der Waals surface area contributed by atoms with Crippen molar-refractivity contribution in [3.63, 3.8) is 0 Å². The molecule has 0 aromatic carbocycles. The molecule has 0 aliphatic carbocycles. The van der Waals surface area contributed by atoms with Crippen molar-refractivity contribution in [2.24, 2.45) is 11.8 Å². The summed E-state index contributed by atoms with van der Waals surface area (Å²) in [6, 6.07) is 2.16. The van der Waals surface area contributed by atoms with E-state index in [1.54, 1.807) is 0 Å². The second kappa shape index (κ2) is 7.59. The third kappa shape index (κ3) is 5.69. The Hall–Kier alpha value is -0.800. The van der Waals surface area contributed by atoms with E-state index in [2.05, 4.69) is 44.0 Å². The molecule has 3 heteroatoms. The van der Waals surface area contributed by atoms with Gasteiger partial charge >= 0.3 is 0 Å². The SMILES string of the molecule is CNCc1coc(CN(CC(C)C)CC(C)C)c1. The lowest BCUT2D eigenvalue weighted by molar-refractivity contribution is 0.197. The van der Waals surface area contributed by atoms with Crippen LogP contribution < -0.4 is 5.32 Å². The first-order valence-corrected chi connectivity index (χ1v) is 6.94. The van der Waals surface area contributed by atoms with Crippen molar-refractivity contribution in [2.45, 2.75) is 40.8 Å². The summed E-state index contributed by atoms with van der Waals surface area (Å²) < 4.78 is 5.63. The molecule has 18 heavy (non-hydrogen) atoms. The van der Waals surface area contributed by atoms with Gasteiger partial charge in [-0.1, -0.05) is 27.7 Å². The normalized spacial score (nSPS) is 12.0. The Morgan fingerprint density at radius 1 is 1.17 bits per heavy atom. The zero-order valence-electron chi connectivity index (χ0n) is 12.5. The molecule has 0 bridgehead atoms. The summed E-state index contributed by atoms with van der Waals surface area (Å²) in [4.78, 5) is 2.48. The van der Waals surface area contributed by atoms with Crippen LogP contribution in [0.5, 0.6) is 0 Å². The second-order valence-corrected chi connectivity index (χ2v) is 5.93. The highest BCUT2D eigenvalue weighted by Gasteiger charge is 2.12. The van der Waals surface area contributed by atoms with Gasteiger partial charge in [-0.15, -0.1) is 0 Å². The predicted molar refractivity (Wildman–Crippen MR) is 76.4 cm³/mol. The molecule has 0 spiro atoms. The van der Waals surface area contributed by atoms with Crippen LogP contribution in [0.1, 0.15) is 39.0 Å². The van der Waals surface area contributed by atoms with Gasteiger partial charge in [-0.3, -0.25) is 4.90 Å². The van der Waals surface area contributed by atoms with Crippen LogP contribution in [0, 0.1) is 11.8 Å². The van der Waals surface area contributed by atoms with Gasteiger partial charge in [-0.25, -0.2) is 0 Å². The Labute approximate surface area is 112 Å². The molecule has 1 aromatic rings. The molecular formula is C15H28N2O. The molecule has 0 fully saturated rings. The maximum Gasteiger partial charge on any atom is 0.118 e. The monoisotopic (exact) mass is 252 g/mol. The van der Waals surface area contributed by atoms with Crippen LogP contribution in [0.3, 0.4) is 0 Å². The third-order valence-electron chi connectivity index (χ3n) is 2.72. The number of hydrogen-bond donors (Lipinski definition) is 1. The van der Waals surface area contributed by atoms with Gasteiger partial charge in [0.25, 0.3) is 0 Å². The highest BCUT2D eigenvalue weighted by Crippen LogP contribution is 2.13. The van der Waals surface area contributed by atoms with E-state index in [1.165, 1.54) is 5.56 Å². The summed E-state index contributed by atoms with van der Waals surface area (Å²) in [5, 5.41) is 3.14. The zero-order valence-corrected chi connectivity index (χ0v) is 12.5. The van der Waals surface area contributed by atoms with Crippen LogP contribution in [0.25, 0.3) is 0 Å². The van der Waals surface area contributed by atoms with Crippen LogP contribution in [0.15, 0.2) is 16.7 Å². The average Bonchev–Trinajstić information content (AvgIpc) is 2.64. The molecule has 3 nitrogen and oxygen atoms in total. The van der Waals surface area contributed by atoms with Crippen molar-refractivity contribution < 1.29 is 4.42 Å². The molecule has 0 radical (unpaired) electrons. The van der Waals surface area contributed by atoms with Gasteiger partial charge in [0.1, 0.15) is 5.76 Å². The van der Waals surface area contributed by atoms with Crippen molar-refractivity contribution in [1.29, 1.82) is 0 Å². The molecule has 1 rings (SSSR count).